The zero-order chi connectivity index (χ0) is 13.3. The fourth-order valence-electron chi connectivity index (χ4n) is 1.35. The van der Waals surface area contributed by atoms with E-state index in [9.17, 15) is 8.42 Å². The smallest absolute Gasteiger partial charge is 0.244 e. The molecule has 1 aromatic rings. The summed E-state index contributed by atoms with van der Waals surface area (Å²) >= 11 is 5.76. The number of nitrogens with one attached hydrogen (secondary N) is 2. The Morgan fingerprint density at radius 1 is 1.41 bits per heavy atom. The Bertz CT molecular complexity index is 474. The van der Waals surface area contributed by atoms with Crippen molar-refractivity contribution in [2.75, 3.05) is 12.4 Å². The van der Waals surface area contributed by atoms with Gasteiger partial charge in [-0.05, 0) is 19.3 Å². The zero-order valence-corrected chi connectivity index (χ0v) is 12.0. The van der Waals surface area contributed by atoms with Gasteiger partial charge in [-0.15, -0.1) is 11.6 Å². The van der Waals surface area contributed by atoms with Crippen LogP contribution in [0.4, 0.5) is 0 Å². The molecule has 0 unspecified atom stereocenters. The molecule has 0 radical (unpaired) electrons. The summed E-state index contributed by atoms with van der Waals surface area (Å²) in [6.07, 6.45) is 0. The molecule has 1 heterocycles. The standard InChI is InChI=1S/C10H18ClN3O2S/c1-7-9(8(2)14-13-7)17(15,16)12-6-10(3,4)5-11/h12H,5-6H2,1-4H3,(H,13,14). The lowest BCUT2D eigenvalue weighted by Crippen LogP contribution is -2.35. The molecule has 0 atom stereocenters. The summed E-state index contributed by atoms with van der Waals surface area (Å²) in [6, 6.07) is 0. The van der Waals surface area contributed by atoms with Gasteiger partial charge in [-0.3, -0.25) is 5.10 Å². The number of hydrogen-bond acceptors (Lipinski definition) is 3. The van der Waals surface area contributed by atoms with Crippen LogP contribution < -0.4 is 4.72 Å². The van der Waals surface area contributed by atoms with E-state index in [-0.39, 0.29) is 10.3 Å². The molecule has 0 aromatic carbocycles. The summed E-state index contributed by atoms with van der Waals surface area (Å²) in [5, 5.41) is 6.54. The molecule has 98 valence electrons. The van der Waals surface area contributed by atoms with E-state index >= 15 is 0 Å². The molecule has 7 heteroatoms. The topological polar surface area (TPSA) is 74.8 Å². The number of alkyl halides is 1. The van der Waals surface area contributed by atoms with Gasteiger partial charge in [0.15, 0.2) is 0 Å². The van der Waals surface area contributed by atoms with Crippen molar-refractivity contribution in [3.63, 3.8) is 0 Å². The minimum Gasteiger partial charge on any atom is -0.281 e. The second kappa shape index (κ2) is 4.96. The van der Waals surface area contributed by atoms with Crippen LogP contribution in [-0.2, 0) is 10.0 Å². The summed E-state index contributed by atoms with van der Waals surface area (Å²) in [6.45, 7) is 7.43. The predicted molar refractivity (Wildman–Crippen MR) is 67.8 cm³/mol. The van der Waals surface area contributed by atoms with Crippen molar-refractivity contribution in [1.82, 2.24) is 14.9 Å². The van der Waals surface area contributed by atoms with Gasteiger partial charge in [-0.1, -0.05) is 13.8 Å². The van der Waals surface area contributed by atoms with Crippen molar-refractivity contribution >= 4 is 21.6 Å². The van der Waals surface area contributed by atoms with Crippen molar-refractivity contribution in [3.8, 4) is 0 Å². The van der Waals surface area contributed by atoms with Gasteiger partial charge in [0.25, 0.3) is 0 Å². The Kier molecular flexibility index (Phi) is 4.22. The maximum Gasteiger partial charge on any atom is 0.244 e. The molecule has 0 aliphatic rings. The number of nitrogens with zero attached hydrogens (tertiary/aromatic N) is 1. The molecule has 0 bridgehead atoms. The maximum absolute atomic E-state index is 12.1. The van der Waals surface area contributed by atoms with E-state index in [2.05, 4.69) is 14.9 Å². The third-order valence-electron chi connectivity index (χ3n) is 2.43. The number of aromatic nitrogens is 2. The van der Waals surface area contributed by atoms with Crippen molar-refractivity contribution in [1.29, 1.82) is 0 Å². The first-order valence-corrected chi connectivity index (χ1v) is 7.28. The van der Waals surface area contributed by atoms with Gasteiger partial charge in [0.2, 0.25) is 10.0 Å². The fourth-order valence-corrected chi connectivity index (χ4v) is 3.05. The fraction of sp³-hybridized carbons (Fsp3) is 0.700. The van der Waals surface area contributed by atoms with Gasteiger partial charge in [-0.25, -0.2) is 13.1 Å². The molecule has 17 heavy (non-hydrogen) atoms. The third-order valence-corrected chi connectivity index (χ3v) is 4.82. The van der Waals surface area contributed by atoms with Gasteiger partial charge >= 0.3 is 0 Å². The number of aryl methyl sites for hydroxylation is 2. The first kappa shape index (κ1) is 14.5. The highest BCUT2D eigenvalue weighted by molar-refractivity contribution is 7.89. The van der Waals surface area contributed by atoms with Gasteiger partial charge in [0.1, 0.15) is 4.90 Å². The minimum absolute atomic E-state index is 0.225. The van der Waals surface area contributed by atoms with E-state index in [0.29, 0.717) is 23.8 Å². The van der Waals surface area contributed by atoms with Crippen molar-refractivity contribution in [2.24, 2.45) is 5.41 Å². The summed E-state index contributed by atoms with van der Waals surface area (Å²) in [4.78, 5) is 0.225. The molecular weight excluding hydrogens is 262 g/mol. The molecule has 0 saturated heterocycles. The van der Waals surface area contributed by atoms with E-state index < -0.39 is 10.0 Å². The number of H-pyrrole nitrogens is 1. The maximum atomic E-state index is 12.1. The normalized spacial score (nSPS) is 13.0. The minimum atomic E-state index is -3.52. The molecule has 0 fully saturated rings. The summed E-state index contributed by atoms with van der Waals surface area (Å²) in [5.74, 6) is 0.388. The van der Waals surface area contributed by atoms with E-state index in [1.165, 1.54) is 0 Å². The molecule has 1 aromatic heterocycles. The highest BCUT2D eigenvalue weighted by atomic mass is 35.5. The van der Waals surface area contributed by atoms with E-state index in [0.717, 1.165) is 0 Å². The van der Waals surface area contributed by atoms with Gasteiger partial charge in [-0.2, -0.15) is 5.10 Å². The van der Waals surface area contributed by atoms with Crippen LogP contribution in [0.1, 0.15) is 25.2 Å². The zero-order valence-electron chi connectivity index (χ0n) is 10.5. The van der Waals surface area contributed by atoms with Gasteiger partial charge in [0, 0.05) is 12.4 Å². The Hall–Kier alpha value is -0.590. The SMILES string of the molecule is Cc1n[nH]c(C)c1S(=O)(=O)NCC(C)(C)CCl. The van der Waals surface area contributed by atoms with Crippen LogP contribution in [0.2, 0.25) is 0 Å². The Labute approximate surface area is 107 Å². The largest absolute Gasteiger partial charge is 0.281 e. The number of aromatic amines is 1. The third kappa shape index (κ3) is 3.43. The van der Waals surface area contributed by atoms with Crippen molar-refractivity contribution in [2.45, 2.75) is 32.6 Å². The lowest BCUT2D eigenvalue weighted by Gasteiger charge is -2.21. The number of rotatable bonds is 5. The molecular formula is C10H18ClN3O2S. The Morgan fingerprint density at radius 2 is 2.00 bits per heavy atom. The lowest BCUT2D eigenvalue weighted by atomic mass is 9.97. The average molecular weight is 280 g/mol. The summed E-state index contributed by atoms with van der Waals surface area (Å²) in [5.41, 5.74) is 0.734. The number of hydrogen-bond donors (Lipinski definition) is 2. The first-order valence-electron chi connectivity index (χ1n) is 5.27. The average Bonchev–Trinajstić information content (AvgIpc) is 2.57. The monoisotopic (exact) mass is 279 g/mol. The second-order valence-electron chi connectivity index (χ2n) is 4.89. The van der Waals surface area contributed by atoms with Crippen LogP contribution in [-0.4, -0.2) is 31.0 Å². The molecule has 0 aliphatic carbocycles. The van der Waals surface area contributed by atoms with Crippen LogP contribution in [0.25, 0.3) is 0 Å². The molecule has 1 rings (SSSR count). The van der Waals surface area contributed by atoms with E-state index in [1.54, 1.807) is 13.8 Å². The predicted octanol–water partition coefficient (Wildman–Crippen LogP) is 1.57. The Morgan fingerprint density at radius 3 is 2.41 bits per heavy atom. The summed E-state index contributed by atoms with van der Waals surface area (Å²) in [7, 11) is -3.52. The van der Waals surface area contributed by atoms with Crippen LogP contribution in [0.15, 0.2) is 4.90 Å². The molecule has 0 spiro atoms. The summed E-state index contributed by atoms with van der Waals surface area (Å²) < 4.78 is 26.7. The van der Waals surface area contributed by atoms with Crippen molar-refractivity contribution in [3.05, 3.63) is 11.4 Å². The van der Waals surface area contributed by atoms with Crippen LogP contribution >= 0.6 is 11.6 Å². The van der Waals surface area contributed by atoms with Crippen LogP contribution in [0.3, 0.4) is 0 Å². The number of halogens is 1. The van der Waals surface area contributed by atoms with Crippen LogP contribution in [0.5, 0.6) is 0 Å². The van der Waals surface area contributed by atoms with Gasteiger partial charge in [0.05, 0.1) is 11.4 Å². The molecule has 5 nitrogen and oxygen atoms in total. The van der Waals surface area contributed by atoms with E-state index in [4.69, 9.17) is 11.6 Å². The quantitative estimate of drug-likeness (QED) is 0.804. The van der Waals surface area contributed by atoms with Crippen LogP contribution in [0, 0.1) is 19.3 Å². The molecule has 0 amide bonds. The lowest BCUT2D eigenvalue weighted by molar-refractivity contribution is 0.414. The van der Waals surface area contributed by atoms with E-state index in [1.807, 2.05) is 13.8 Å². The first-order chi connectivity index (χ1) is 7.69. The van der Waals surface area contributed by atoms with Crippen molar-refractivity contribution < 1.29 is 8.42 Å². The highest BCUT2D eigenvalue weighted by Gasteiger charge is 2.25. The molecule has 0 aliphatic heterocycles. The van der Waals surface area contributed by atoms with Gasteiger partial charge < -0.3 is 0 Å². The highest BCUT2D eigenvalue weighted by Crippen LogP contribution is 2.19. The Balaban J connectivity index is 2.91. The second-order valence-corrected chi connectivity index (χ2v) is 6.86. The molecule has 2 N–H and O–H groups in total. The molecule has 0 saturated carbocycles. The number of sulfonamides is 1.